The van der Waals surface area contributed by atoms with Crippen molar-refractivity contribution < 1.29 is 4.79 Å². The van der Waals surface area contributed by atoms with Crippen LogP contribution in [0.15, 0.2) is 36.5 Å². The standard InChI is InChI=1S/C13H10Cl2N2O/c1-8-5-6-11(16-7-8)17-13(18)12-9(14)3-2-4-10(12)15/h2-7H,1H3,(H,16,17,18). The lowest BCUT2D eigenvalue weighted by molar-refractivity contribution is 0.102. The van der Waals surface area contributed by atoms with Crippen LogP contribution in [0.5, 0.6) is 0 Å². The van der Waals surface area contributed by atoms with Crippen LogP contribution in [0.3, 0.4) is 0 Å². The summed E-state index contributed by atoms with van der Waals surface area (Å²) in [6.07, 6.45) is 1.67. The number of amides is 1. The maximum Gasteiger partial charge on any atom is 0.259 e. The molecule has 3 nitrogen and oxygen atoms in total. The van der Waals surface area contributed by atoms with Gasteiger partial charge < -0.3 is 5.32 Å². The number of benzene rings is 1. The molecule has 2 rings (SSSR count). The number of carbonyl (C=O) groups is 1. The van der Waals surface area contributed by atoms with Gasteiger partial charge in [0.1, 0.15) is 5.82 Å². The van der Waals surface area contributed by atoms with Crippen molar-refractivity contribution in [3.63, 3.8) is 0 Å². The summed E-state index contributed by atoms with van der Waals surface area (Å²) in [7, 11) is 0. The molecule has 2 aromatic rings. The Morgan fingerprint density at radius 2 is 1.83 bits per heavy atom. The minimum absolute atomic E-state index is 0.253. The smallest absolute Gasteiger partial charge is 0.259 e. The van der Waals surface area contributed by atoms with Crippen LogP contribution in [0, 0.1) is 6.92 Å². The first kappa shape index (κ1) is 12.9. The van der Waals surface area contributed by atoms with Crippen molar-refractivity contribution in [1.82, 2.24) is 4.98 Å². The third-order valence-electron chi connectivity index (χ3n) is 2.34. The number of halogens is 2. The first-order chi connectivity index (χ1) is 8.58. The first-order valence-corrected chi connectivity index (χ1v) is 6.01. The van der Waals surface area contributed by atoms with E-state index in [0.29, 0.717) is 15.9 Å². The molecule has 0 fully saturated rings. The van der Waals surface area contributed by atoms with E-state index in [9.17, 15) is 4.79 Å². The Balaban J connectivity index is 2.25. The molecule has 1 amide bonds. The second kappa shape index (κ2) is 5.38. The van der Waals surface area contributed by atoms with E-state index in [1.807, 2.05) is 13.0 Å². The zero-order valence-corrected chi connectivity index (χ0v) is 11.1. The van der Waals surface area contributed by atoms with E-state index in [4.69, 9.17) is 23.2 Å². The van der Waals surface area contributed by atoms with Crippen molar-refractivity contribution in [2.45, 2.75) is 6.92 Å². The topological polar surface area (TPSA) is 42.0 Å². The van der Waals surface area contributed by atoms with Crippen molar-refractivity contribution in [2.75, 3.05) is 5.32 Å². The summed E-state index contributed by atoms with van der Waals surface area (Å²) in [6.45, 7) is 1.92. The molecule has 0 saturated heterocycles. The van der Waals surface area contributed by atoms with Crippen LogP contribution in [0.25, 0.3) is 0 Å². The van der Waals surface area contributed by atoms with Crippen LogP contribution >= 0.6 is 23.2 Å². The van der Waals surface area contributed by atoms with Crippen molar-refractivity contribution >= 4 is 34.9 Å². The number of nitrogens with one attached hydrogen (secondary N) is 1. The van der Waals surface area contributed by atoms with Gasteiger partial charge in [-0.25, -0.2) is 4.98 Å². The molecule has 1 heterocycles. The number of aryl methyl sites for hydroxylation is 1. The first-order valence-electron chi connectivity index (χ1n) is 5.26. The Morgan fingerprint density at radius 1 is 1.17 bits per heavy atom. The van der Waals surface area contributed by atoms with Crippen LogP contribution < -0.4 is 5.32 Å². The summed E-state index contributed by atoms with van der Waals surface area (Å²) < 4.78 is 0. The van der Waals surface area contributed by atoms with Crippen molar-refractivity contribution in [3.05, 3.63) is 57.7 Å². The Bertz CT molecular complexity index is 562. The van der Waals surface area contributed by atoms with E-state index in [1.54, 1.807) is 30.5 Å². The second-order valence-electron chi connectivity index (χ2n) is 3.77. The molecule has 92 valence electrons. The maximum atomic E-state index is 12.0. The molecular weight excluding hydrogens is 271 g/mol. The van der Waals surface area contributed by atoms with Gasteiger partial charge in [0, 0.05) is 6.20 Å². The van der Waals surface area contributed by atoms with E-state index in [0.717, 1.165) is 5.56 Å². The molecule has 0 aliphatic heterocycles. The van der Waals surface area contributed by atoms with Crippen LogP contribution in [0.1, 0.15) is 15.9 Å². The Hall–Kier alpha value is -1.58. The van der Waals surface area contributed by atoms with Gasteiger partial charge in [0.15, 0.2) is 0 Å². The molecule has 1 aromatic heterocycles. The molecule has 0 atom stereocenters. The number of hydrogen-bond acceptors (Lipinski definition) is 2. The van der Waals surface area contributed by atoms with Gasteiger partial charge in [0.2, 0.25) is 0 Å². The van der Waals surface area contributed by atoms with Gasteiger partial charge in [-0.2, -0.15) is 0 Å². The Kier molecular flexibility index (Phi) is 3.84. The van der Waals surface area contributed by atoms with Gasteiger partial charge in [-0.1, -0.05) is 35.3 Å². The molecule has 0 aliphatic rings. The molecule has 18 heavy (non-hydrogen) atoms. The number of hydrogen-bond donors (Lipinski definition) is 1. The molecule has 0 unspecified atom stereocenters. The number of carbonyl (C=O) groups excluding carboxylic acids is 1. The maximum absolute atomic E-state index is 12.0. The fourth-order valence-corrected chi connectivity index (χ4v) is 2.00. The summed E-state index contributed by atoms with van der Waals surface area (Å²) in [5.41, 5.74) is 1.27. The number of aromatic nitrogens is 1. The molecular formula is C13H10Cl2N2O. The Labute approximate surface area is 115 Å². The number of rotatable bonds is 2. The zero-order chi connectivity index (χ0) is 13.1. The zero-order valence-electron chi connectivity index (χ0n) is 9.58. The average molecular weight is 281 g/mol. The van der Waals surface area contributed by atoms with E-state index in [2.05, 4.69) is 10.3 Å². The second-order valence-corrected chi connectivity index (χ2v) is 4.59. The lowest BCUT2D eigenvalue weighted by Crippen LogP contribution is -2.14. The third kappa shape index (κ3) is 2.81. The van der Waals surface area contributed by atoms with Gasteiger partial charge in [-0.05, 0) is 30.7 Å². The predicted molar refractivity (Wildman–Crippen MR) is 73.4 cm³/mol. The lowest BCUT2D eigenvalue weighted by Gasteiger charge is -2.07. The highest BCUT2D eigenvalue weighted by Crippen LogP contribution is 2.24. The van der Waals surface area contributed by atoms with E-state index in [-0.39, 0.29) is 11.5 Å². The molecule has 0 aliphatic carbocycles. The van der Waals surface area contributed by atoms with Crippen molar-refractivity contribution in [3.8, 4) is 0 Å². The third-order valence-corrected chi connectivity index (χ3v) is 2.97. The molecule has 0 bridgehead atoms. The van der Waals surface area contributed by atoms with Gasteiger partial charge in [0.05, 0.1) is 15.6 Å². The van der Waals surface area contributed by atoms with Crippen LogP contribution in [-0.4, -0.2) is 10.9 Å². The highest BCUT2D eigenvalue weighted by atomic mass is 35.5. The molecule has 1 N–H and O–H groups in total. The minimum Gasteiger partial charge on any atom is -0.306 e. The van der Waals surface area contributed by atoms with Crippen molar-refractivity contribution in [2.24, 2.45) is 0 Å². The highest BCUT2D eigenvalue weighted by Gasteiger charge is 2.14. The molecule has 1 aromatic carbocycles. The SMILES string of the molecule is Cc1ccc(NC(=O)c2c(Cl)cccc2Cl)nc1. The Morgan fingerprint density at radius 3 is 2.39 bits per heavy atom. The molecule has 0 radical (unpaired) electrons. The monoisotopic (exact) mass is 280 g/mol. The number of anilines is 1. The van der Waals surface area contributed by atoms with Gasteiger partial charge in [-0.3, -0.25) is 4.79 Å². The fraction of sp³-hybridized carbons (Fsp3) is 0.0769. The largest absolute Gasteiger partial charge is 0.306 e. The summed E-state index contributed by atoms with van der Waals surface area (Å²) in [4.78, 5) is 16.1. The van der Waals surface area contributed by atoms with E-state index in [1.165, 1.54) is 0 Å². The lowest BCUT2D eigenvalue weighted by atomic mass is 10.2. The van der Waals surface area contributed by atoms with Crippen molar-refractivity contribution in [1.29, 1.82) is 0 Å². The van der Waals surface area contributed by atoms with Gasteiger partial charge in [0.25, 0.3) is 5.91 Å². The summed E-state index contributed by atoms with van der Waals surface area (Å²) in [5.74, 6) is 0.0866. The predicted octanol–water partition coefficient (Wildman–Crippen LogP) is 3.95. The van der Waals surface area contributed by atoms with Crippen LogP contribution in [0.4, 0.5) is 5.82 Å². The van der Waals surface area contributed by atoms with Gasteiger partial charge in [-0.15, -0.1) is 0 Å². The normalized spacial score (nSPS) is 10.2. The molecule has 0 spiro atoms. The molecule has 0 saturated carbocycles. The average Bonchev–Trinajstić information content (AvgIpc) is 2.32. The summed E-state index contributed by atoms with van der Waals surface area (Å²) in [5, 5.41) is 3.27. The summed E-state index contributed by atoms with van der Waals surface area (Å²) in [6, 6.07) is 8.50. The van der Waals surface area contributed by atoms with Gasteiger partial charge >= 0.3 is 0 Å². The van der Waals surface area contributed by atoms with E-state index >= 15 is 0 Å². The van der Waals surface area contributed by atoms with Crippen LogP contribution in [0.2, 0.25) is 10.0 Å². The fourth-order valence-electron chi connectivity index (χ4n) is 1.44. The highest BCUT2D eigenvalue weighted by molar-refractivity contribution is 6.40. The summed E-state index contributed by atoms with van der Waals surface area (Å²) >= 11 is 11.9. The van der Waals surface area contributed by atoms with Crippen LogP contribution in [-0.2, 0) is 0 Å². The number of nitrogens with zero attached hydrogens (tertiary/aromatic N) is 1. The minimum atomic E-state index is -0.373. The molecule has 5 heteroatoms. The number of pyridine rings is 1. The van der Waals surface area contributed by atoms with E-state index < -0.39 is 0 Å². The quantitative estimate of drug-likeness (QED) is 0.905.